The van der Waals surface area contributed by atoms with Crippen molar-refractivity contribution in [2.24, 2.45) is 0 Å². The molecule has 1 heterocycles. The third-order valence-electron chi connectivity index (χ3n) is 3.46. The lowest BCUT2D eigenvalue weighted by Gasteiger charge is -2.32. The highest BCUT2D eigenvalue weighted by atomic mass is 19.3. The van der Waals surface area contributed by atoms with Crippen molar-refractivity contribution < 1.29 is 37.7 Å². The number of para-hydroxylation sites is 1. The van der Waals surface area contributed by atoms with Crippen LogP contribution in [0.3, 0.4) is 0 Å². The molecule has 1 aliphatic rings. The second kappa shape index (κ2) is 7.91. The molecule has 1 aromatic rings. The van der Waals surface area contributed by atoms with E-state index in [2.05, 4.69) is 4.74 Å². The second-order valence-electron chi connectivity index (χ2n) is 5.06. The van der Waals surface area contributed by atoms with Gasteiger partial charge in [-0.25, -0.2) is 0 Å². The van der Waals surface area contributed by atoms with Gasteiger partial charge in [0.1, 0.15) is 0 Å². The number of ether oxygens (including phenoxy) is 3. The zero-order valence-electron chi connectivity index (χ0n) is 12.9. The Hall–Kier alpha value is -2.42. The Morgan fingerprint density at radius 3 is 2.83 bits per heavy atom. The summed E-state index contributed by atoms with van der Waals surface area (Å²) in [7, 11) is 1.28. The van der Waals surface area contributed by atoms with Gasteiger partial charge < -0.3 is 24.2 Å². The summed E-state index contributed by atoms with van der Waals surface area (Å²) < 4.78 is 40.0. The van der Waals surface area contributed by atoms with Crippen LogP contribution in [0.25, 0.3) is 0 Å². The monoisotopic (exact) mass is 345 g/mol. The van der Waals surface area contributed by atoms with Crippen molar-refractivity contribution in [2.75, 3.05) is 26.8 Å². The molecule has 0 bridgehead atoms. The lowest BCUT2D eigenvalue weighted by molar-refractivity contribution is -0.141. The standard InChI is InChI=1S/C15H17F2NO6/c1-22-11-4-2-3-10(13(11)24-15(16)17)14(21)18-5-6-23-9(8-18)7-12(19)20/h2-4,9,15H,5-8H2,1H3,(H,19,20). The van der Waals surface area contributed by atoms with Crippen LogP contribution in [0.2, 0.25) is 0 Å². The van der Waals surface area contributed by atoms with Gasteiger partial charge in [-0.1, -0.05) is 6.07 Å². The maximum absolute atomic E-state index is 12.6. The van der Waals surface area contributed by atoms with Crippen LogP contribution in [0.4, 0.5) is 8.78 Å². The van der Waals surface area contributed by atoms with Crippen molar-refractivity contribution in [3.63, 3.8) is 0 Å². The molecule has 1 saturated heterocycles. The normalized spacial score (nSPS) is 17.7. The van der Waals surface area contributed by atoms with Gasteiger partial charge in [-0.2, -0.15) is 8.78 Å². The molecule has 9 heteroatoms. The van der Waals surface area contributed by atoms with Crippen LogP contribution < -0.4 is 9.47 Å². The Kier molecular flexibility index (Phi) is 5.91. The summed E-state index contributed by atoms with van der Waals surface area (Å²) in [4.78, 5) is 24.8. The van der Waals surface area contributed by atoms with Gasteiger partial charge in [0.25, 0.3) is 5.91 Å². The molecule has 1 N–H and O–H groups in total. The van der Waals surface area contributed by atoms with Crippen LogP contribution in [0.1, 0.15) is 16.8 Å². The quantitative estimate of drug-likeness (QED) is 0.843. The van der Waals surface area contributed by atoms with Crippen LogP contribution >= 0.6 is 0 Å². The average molecular weight is 345 g/mol. The number of carbonyl (C=O) groups is 2. The van der Waals surface area contributed by atoms with Gasteiger partial charge in [0.15, 0.2) is 11.5 Å². The molecule has 1 fully saturated rings. The van der Waals surface area contributed by atoms with Gasteiger partial charge in [-0.3, -0.25) is 9.59 Å². The number of hydrogen-bond acceptors (Lipinski definition) is 5. The maximum Gasteiger partial charge on any atom is 0.387 e. The Labute approximate surface area is 136 Å². The third-order valence-corrected chi connectivity index (χ3v) is 3.46. The first-order valence-electron chi connectivity index (χ1n) is 7.16. The first kappa shape index (κ1) is 17.9. The lowest BCUT2D eigenvalue weighted by Crippen LogP contribution is -2.46. The molecule has 7 nitrogen and oxygen atoms in total. The van der Waals surface area contributed by atoms with E-state index in [0.717, 1.165) is 0 Å². The predicted octanol–water partition coefficient (Wildman–Crippen LogP) is 1.61. The number of aliphatic carboxylic acids is 1. The molecule has 0 aliphatic carbocycles. The van der Waals surface area contributed by atoms with Crippen molar-refractivity contribution >= 4 is 11.9 Å². The number of morpholine rings is 1. The molecular weight excluding hydrogens is 328 g/mol. The first-order valence-corrected chi connectivity index (χ1v) is 7.16. The van der Waals surface area contributed by atoms with Gasteiger partial charge in [-0.15, -0.1) is 0 Å². The zero-order chi connectivity index (χ0) is 17.7. The summed E-state index contributed by atoms with van der Waals surface area (Å²) in [5.41, 5.74) is -0.0781. The lowest BCUT2D eigenvalue weighted by atomic mass is 10.1. The number of carboxylic acid groups (broad SMARTS) is 1. The number of benzene rings is 1. The molecule has 1 atom stereocenters. The van der Waals surface area contributed by atoms with E-state index in [1.54, 1.807) is 0 Å². The van der Waals surface area contributed by atoms with Gasteiger partial charge >= 0.3 is 12.6 Å². The number of halogens is 2. The molecule has 1 aromatic carbocycles. The maximum atomic E-state index is 12.6. The molecule has 132 valence electrons. The largest absolute Gasteiger partial charge is 0.493 e. The highest BCUT2D eigenvalue weighted by Gasteiger charge is 2.29. The number of carbonyl (C=O) groups excluding carboxylic acids is 1. The van der Waals surface area contributed by atoms with Gasteiger partial charge in [0, 0.05) is 13.1 Å². The fourth-order valence-corrected chi connectivity index (χ4v) is 2.45. The van der Waals surface area contributed by atoms with Crippen molar-refractivity contribution in [1.29, 1.82) is 0 Å². The minimum atomic E-state index is -3.11. The van der Waals surface area contributed by atoms with E-state index < -0.39 is 24.6 Å². The molecule has 1 aliphatic heterocycles. The second-order valence-corrected chi connectivity index (χ2v) is 5.06. The van der Waals surface area contributed by atoms with Gasteiger partial charge in [-0.05, 0) is 12.1 Å². The van der Waals surface area contributed by atoms with E-state index in [-0.39, 0.29) is 43.2 Å². The summed E-state index contributed by atoms with van der Waals surface area (Å²) in [5, 5.41) is 8.82. The van der Waals surface area contributed by atoms with Crippen molar-refractivity contribution in [2.45, 2.75) is 19.1 Å². The third kappa shape index (κ3) is 4.31. The Morgan fingerprint density at radius 2 is 2.21 bits per heavy atom. The number of rotatable bonds is 6. The molecule has 0 spiro atoms. The van der Waals surface area contributed by atoms with E-state index in [1.807, 2.05) is 0 Å². The van der Waals surface area contributed by atoms with Crippen LogP contribution in [0.5, 0.6) is 11.5 Å². The van der Waals surface area contributed by atoms with Gasteiger partial charge in [0.2, 0.25) is 0 Å². The molecular formula is C15H17F2NO6. The molecule has 0 aromatic heterocycles. The summed E-state index contributed by atoms with van der Waals surface area (Å²) >= 11 is 0. The van der Waals surface area contributed by atoms with E-state index in [9.17, 15) is 18.4 Å². The van der Waals surface area contributed by atoms with E-state index in [1.165, 1.54) is 30.2 Å². The van der Waals surface area contributed by atoms with E-state index in [0.29, 0.717) is 0 Å². The number of carboxylic acids is 1. The highest BCUT2D eigenvalue weighted by Crippen LogP contribution is 2.33. The fourth-order valence-electron chi connectivity index (χ4n) is 2.45. The number of methoxy groups -OCH3 is 1. The summed E-state index contributed by atoms with van der Waals surface area (Å²) in [5.74, 6) is -1.93. The van der Waals surface area contributed by atoms with E-state index >= 15 is 0 Å². The zero-order valence-corrected chi connectivity index (χ0v) is 12.9. The molecule has 0 saturated carbocycles. The summed E-state index contributed by atoms with van der Waals surface area (Å²) in [6, 6.07) is 4.24. The molecule has 0 radical (unpaired) electrons. The Bertz CT molecular complexity index is 610. The molecule has 1 unspecified atom stereocenters. The van der Waals surface area contributed by atoms with Crippen LogP contribution in [0, 0.1) is 0 Å². The van der Waals surface area contributed by atoms with Crippen molar-refractivity contribution in [3.05, 3.63) is 23.8 Å². The number of hydrogen-bond donors (Lipinski definition) is 1. The fraction of sp³-hybridized carbons (Fsp3) is 0.467. The average Bonchev–Trinajstić information content (AvgIpc) is 2.53. The number of amides is 1. The Balaban J connectivity index is 2.23. The number of alkyl halides is 2. The number of nitrogens with zero attached hydrogens (tertiary/aromatic N) is 1. The predicted molar refractivity (Wildman–Crippen MR) is 77.5 cm³/mol. The van der Waals surface area contributed by atoms with Crippen LogP contribution in [-0.2, 0) is 9.53 Å². The minimum absolute atomic E-state index is 0.0106. The Morgan fingerprint density at radius 1 is 1.46 bits per heavy atom. The van der Waals surface area contributed by atoms with Crippen molar-refractivity contribution in [1.82, 2.24) is 4.90 Å². The summed E-state index contributed by atoms with van der Waals surface area (Å²) in [6.45, 7) is -2.67. The molecule has 1 amide bonds. The summed E-state index contributed by atoms with van der Waals surface area (Å²) in [6.07, 6.45) is -0.896. The molecule has 24 heavy (non-hydrogen) atoms. The highest BCUT2D eigenvalue weighted by molar-refractivity contribution is 5.98. The minimum Gasteiger partial charge on any atom is -0.493 e. The van der Waals surface area contributed by atoms with Crippen LogP contribution in [-0.4, -0.2) is 61.4 Å². The smallest absolute Gasteiger partial charge is 0.387 e. The van der Waals surface area contributed by atoms with Crippen molar-refractivity contribution in [3.8, 4) is 11.5 Å². The SMILES string of the molecule is COc1cccc(C(=O)N2CCOC(CC(=O)O)C2)c1OC(F)F. The van der Waals surface area contributed by atoms with Crippen LogP contribution in [0.15, 0.2) is 18.2 Å². The van der Waals surface area contributed by atoms with E-state index in [4.69, 9.17) is 14.6 Å². The van der Waals surface area contributed by atoms with Gasteiger partial charge in [0.05, 0.1) is 31.8 Å². The first-order chi connectivity index (χ1) is 11.4. The topological polar surface area (TPSA) is 85.3 Å². The molecule has 2 rings (SSSR count).